The van der Waals surface area contributed by atoms with Gasteiger partial charge in [0.15, 0.2) is 15.5 Å². The van der Waals surface area contributed by atoms with Crippen LogP contribution in [0.5, 0.6) is 0 Å². The summed E-state index contributed by atoms with van der Waals surface area (Å²) >= 11 is 3.33. The Balaban J connectivity index is 2.24. The predicted octanol–water partition coefficient (Wildman–Crippen LogP) is 2.53. The van der Waals surface area contributed by atoms with Crippen molar-refractivity contribution in [1.29, 1.82) is 0 Å². The van der Waals surface area contributed by atoms with E-state index >= 15 is 0 Å². The van der Waals surface area contributed by atoms with Gasteiger partial charge in [-0.2, -0.15) is 0 Å². The standard InChI is InChI=1S/C15H15BrN2O4S/c1-2-22-15(19)14-13(17-7-8-18-14)10-23(20,21)9-11-5-3-4-6-12(11)16/h3-8H,2,9-10H2,1H3. The minimum atomic E-state index is -3.52. The molecule has 0 aliphatic carbocycles. The monoisotopic (exact) mass is 398 g/mol. The van der Waals surface area contributed by atoms with Crippen molar-refractivity contribution >= 4 is 31.7 Å². The molecule has 0 spiro atoms. The molecule has 1 aromatic carbocycles. The summed E-state index contributed by atoms with van der Waals surface area (Å²) in [6.07, 6.45) is 2.68. The number of esters is 1. The summed E-state index contributed by atoms with van der Waals surface area (Å²) in [6.45, 7) is 1.84. The van der Waals surface area contributed by atoms with E-state index in [2.05, 4.69) is 25.9 Å². The number of benzene rings is 1. The number of aromatic nitrogens is 2. The topological polar surface area (TPSA) is 86.2 Å². The van der Waals surface area contributed by atoms with Gasteiger partial charge in [0.2, 0.25) is 0 Å². The zero-order chi connectivity index (χ0) is 16.9. The van der Waals surface area contributed by atoms with Crippen molar-refractivity contribution in [2.24, 2.45) is 0 Å². The quantitative estimate of drug-likeness (QED) is 0.694. The highest BCUT2D eigenvalue weighted by molar-refractivity contribution is 9.10. The van der Waals surface area contributed by atoms with Crippen LogP contribution in [-0.2, 0) is 26.1 Å². The number of sulfone groups is 1. The van der Waals surface area contributed by atoms with Crippen LogP contribution in [0.25, 0.3) is 0 Å². The summed E-state index contributed by atoms with van der Waals surface area (Å²) < 4.78 is 30.4. The first-order valence-electron chi connectivity index (χ1n) is 6.84. The largest absolute Gasteiger partial charge is 0.461 e. The SMILES string of the molecule is CCOC(=O)c1nccnc1CS(=O)(=O)Cc1ccccc1Br. The smallest absolute Gasteiger partial charge is 0.358 e. The highest BCUT2D eigenvalue weighted by atomic mass is 79.9. The molecule has 1 aromatic heterocycles. The molecule has 0 bridgehead atoms. The molecule has 0 fully saturated rings. The summed E-state index contributed by atoms with van der Waals surface area (Å²) in [5, 5.41) is 0. The van der Waals surface area contributed by atoms with Crippen LogP contribution in [0.1, 0.15) is 28.7 Å². The second-order valence-corrected chi connectivity index (χ2v) is 7.61. The summed E-state index contributed by atoms with van der Waals surface area (Å²) in [5.41, 5.74) is 0.678. The molecule has 0 amide bonds. The molecular formula is C15H15BrN2O4S. The van der Waals surface area contributed by atoms with Crippen LogP contribution in [-0.4, -0.2) is 31.0 Å². The second-order valence-electron chi connectivity index (χ2n) is 4.70. The Kier molecular flexibility index (Phi) is 5.84. The highest BCUT2D eigenvalue weighted by Gasteiger charge is 2.22. The van der Waals surface area contributed by atoms with E-state index in [1.807, 2.05) is 6.07 Å². The number of halogens is 1. The van der Waals surface area contributed by atoms with E-state index in [4.69, 9.17) is 4.74 Å². The first-order valence-corrected chi connectivity index (χ1v) is 9.45. The van der Waals surface area contributed by atoms with E-state index in [9.17, 15) is 13.2 Å². The maximum Gasteiger partial charge on any atom is 0.358 e. The maximum atomic E-state index is 12.4. The summed E-state index contributed by atoms with van der Waals surface area (Å²) in [7, 11) is -3.52. The van der Waals surface area contributed by atoms with Gasteiger partial charge >= 0.3 is 5.97 Å². The van der Waals surface area contributed by atoms with Crippen LogP contribution in [0.2, 0.25) is 0 Å². The molecule has 0 saturated carbocycles. The lowest BCUT2D eigenvalue weighted by molar-refractivity contribution is 0.0517. The average Bonchev–Trinajstić information content (AvgIpc) is 2.50. The molecule has 0 radical (unpaired) electrons. The van der Waals surface area contributed by atoms with Crippen molar-refractivity contribution < 1.29 is 17.9 Å². The van der Waals surface area contributed by atoms with Crippen molar-refractivity contribution in [3.63, 3.8) is 0 Å². The first kappa shape index (κ1) is 17.6. The number of carbonyl (C=O) groups is 1. The van der Waals surface area contributed by atoms with E-state index in [0.717, 1.165) is 0 Å². The van der Waals surface area contributed by atoms with E-state index in [1.54, 1.807) is 25.1 Å². The van der Waals surface area contributed by atoms with Crippen LogP contribution < -0.4 is 0 Å². The number of ether oxygens (including phenoxy) is 1. The van der Waals surface area contributed by atoms with Crippen LogP contribution in [0.15, 0.2) is 41.1 Å². The number of nitrogens with zero attached hydrogens (tertiary/aromatic N) is 2. The van der Waals surface area contributed by atoms with Gasteiger partial charge in [0.05, 0.1) is 23.8 Å². The molecule has 2 rings (SSSR count). The minimum Gasteiger partial charge on any atom is -0.461 e. The van der Waals surface area contributed by atoms with Crippen molar-refractivity contribution in [1.82, 2.24) is 9.97 Å². The zero-order valence-corrected chi connectivity index (χ0v) is 14.8. The van der Waals surface area contributed by atoms with E-state index in [-0.39, 0.29) is 29.5 Å². The van der Waals surface area contributed by atoms with Gasteiger partial charge in [0, 0.05) is 16.9 Å². The predicted molar refractivity (Wildman–Crippen MR) is 88.5 cm³/mol. The van der Waals surface area contributed by atoms with Crippen LogP contribution in [0.3, 0.4) is 0 Å². The molecule has 0 aliphatic rings. The van der Waals surface area contributed by atoms with Gasteiger partial charge in [-0.15, -0.1) is 0 Å². The number of hydrogen-bond acceptors (Lipinski definition) is 6. The van der Waals surface area contributed by atoms with Gasteiger partial charge in [-0.3, -0.25) is 4.98 Å². The fourth-order valence-corrected chi connectivity index (χ4v) is 4.02. The number of carbonyl (C=O) groups excluding carboxylic acids is 1. The fraction of sp³-hybridized carbons (Fsp3) is 0.267. The van der Waals surface area contributed by atoms with Crippen molar-refractivity contribution in [3.05, 3.63) is 58.1 Å². The minimum absolute atomic E-state index is 0.0648. The molecule has 0 N–H and O–H groups in total. The van der Waals surface area contributed by atoms with Gasteiger partial charge in [0.1, 0.15) is 0 Å². The van der Waals surface area contributed by atoms with Gasteiger partial charge in [-0.05, 0) is 18.6 Å². The Morgan fingerprint density at radius 1 is 1.17 bits per heavy atom. The van der Waals surface area contributed by atoms with Crippen LogP contribution >= 0.6 is 15.9 Å². The van der Waals surface area contributed by atoms with Crippen LogP contribution in [0, 0.1) is 0 Å². The summed E-state index contributed by atoms with van der Waals surface area (Å²) in [4.78, 5) is 19.7. The third kappa shape index (κ3) is 4.84. The third-order valence-corrected chi connectivity index (χ3v) is 5.17. The van der Waals surface area contributed by atoms with E-state index < -0.39 is 15.8 Å². The van der Waals surface area contributed by atoms with Crippen molar-refractivity contribution in [3.8, 4) is 0 Å². The Morgan fingerprint density at radius 2 is 1.87 bits per heavy atom. The molecule has 23 heavy (non-hydrogen) atoms. The molecule has 8 heteroatoms. The van der Waals surface area contributed by atoms with Crippen molar-refractivity contribution in [2.75, 3.05) is 6.61 Å². The number of rotatable bonds is 6. The van der Waals surface area contributed by atoms with Crippen LogP contribution in [0.4, 0.5) is 0 Å². The molecule has 6 nitrogen and oxygen atoms in total. The van der Waals surface area contributed by atoms with Gasteiger partial charge in [-0.25, -0.2) is 18.2 Å². The van der Waals surface area contributed by atoms with E-state index in [0.29, 0.717) is 10.0 Å². The lowest BCUT2D eigenvalue weighted by Gasteiger charge is -2.09. The normalized spacial score (nSPS) is 11.2. The molecule has 0 atom stereocenters. The number of hydrogen-bond donors (Lipinski definition) is 0. The second kappa shape index (κ2) is 7.65. The molecule has 1 heterocycles. The van der Waals surface area contributed by atoms with Gasteiger partial charge < -0.3 is 4.74 Å². The Labute approximate surface area is 143 Å². The molecule has 122 valence electrons. The Morgan fingerprint density at radius 3 is 2.57 bits per heavy atom. The fourth-order valence-electron chi connectivity index (χ4n) is 1.95. The van der Waals surface area contributed by atoms with Crippen molar-refractivity contribution in [2.45, 2.75) is 18.4 Å². The molecule has 0 aliphatic heterocycles. The maximum absolute atomic E-state index is 12.4. The van der Waals surface area contributed by atoms with Gasteiger partial charge in [-0.1, -0.05) is 34.1 Å². The zero-order valence-electron chi connectivity index (χ0n) is 12.4. The third-order valence-electron chi connectivity index (χ3n) is 2.93. The van der Waals surface area contributed by atoms with Gasteiger partial charge in [0.25, 0.3) is 0 Å². The molecular weight excluding hydrogens is 384 g/mol. The molecule has 0 unspecified atom stereocenters. The summed E-state index contributed by atoms with van der Waals surface area (Å²) in [5.74, 6) is -1.21. The first-order chi connectivity index (χ1) is 10.9. The van der Waals surface area contributed by atoms with E-state index in [1.165, 1.54) is 12.4 Å². The highest BCUT2D eigenvalue weighted by Crippen LogP contribution is 2.20. The summed E-state index contributed by atoms with van der Waals surface area (Å²) in [6, 6.07) is 7.07. The Bertz CT molecular complexity index is 809. The lowest BCUT2D eigenvalue weighted by atomic mass is 10.2. The Hall–Kier alpha value is -1.80. The average molecular weight is 399 g/mol. The molecule has 0 saturated heterocycles. The molecule has 2 aromatic rings. The lowest BCUT2D eigenvalue weighted by Crippen LogP contribution is -2.16.